The van der Waals surface area contributed by atoms with Crippen LogP contribution in [-0.4, -0.2) is 60.4 Å². The normalized spacial score (nSPS) is 11.9. The third kappa shape index (κ3) is 3.52. The topological polar surface area (TPSA) is 102 Å². The summed E-state index contributed by atoms with van der Waals surface area (Å²) in [6.07, 6.45) is 2.49. The maximum atomic E-state index is 12.1. The van der Waals surface area contributed by atoms with E-state index in [-0.39, 0.29) is 18.0 Å². The number of aliphatic carboxylic acids is 1. The number of hydrogen-bond donors (Lipinski definition) is 1. The van der Waals surface area contributed by atoms with Crippen LogP contribution in [0.2, 0.25) is 0 Å². The highest BCUT2D eigenvalue weighted by atomic mass is 32.2. The molecule has 0 aromatic carbocycles. The monoisotopic (exact) mass is 277 g/mol. The van der Waals surface area contributed by atoms with Crippen LogP contribution in [0.1, 0.15) is 0 Å². The first-order valence-corrected chi connectivity index (χ1v) is 6.51. The van der Waals surface area contributed by atoms with E-state index in [0.717, 1.165) is 4.31 Å². The molecule has 0 atom stereocenters. The first-order chi connectivity index (χ1) is 8.37. The van der Waals surface area contributed by atoms with Gasteiger partial charge >= 0.3 is 5.97 Å². The molecule has 0 bridgehead atoms. The summed E-state index contributed by atoms with van der Waals surface area (Å²) < 4.78 is 31.2. The molecule has 0 saturated heterocycles. The molecule has 0 aliphatic carbocycles. The second kappa shape index (κ2) is 5.94. The molecule has 1 aromatic heterocycles. The zero-order valence-electron chi connectivity index (χ0n) is 10.1. The van der Waals surface area contributed by atoms with Gasteiger partial charge in [-0.3, -0.25) is 9.48 Å². The zero-order valence-corrected chi connectivity index (χ0v) is 10.9. The van der Waals surface area contributed by atoms with Gasteiger partial charge in [-0.15, -0.1) is 0 Å². The summed E-state index contributed by atoms with van der Waals surface area (Å²) in [6, 6.07) is 0. The number of carbonyl (C=O) groups is 1. The van der Waals surface area contributed by atoms with E-state index in [0.29, 0.717) is 0 Å². The van der Waals surface area contributed by atoms with Crippen LogP contribution < -0.4 is 0 Å². The second-order valence-corrected chi connectivity index (χ2v) is 5.51. The second-order valence-electron chi connectivity index (χ2n) is 3.57. The molecule has 1 heterocycles. The van der Waals surface area contributed by atoms with Crippen molar-refractivity contribution >= 4 is 16.0 Å². The van der Waals surface area contributed by atoms with E-state index in [4.69, 9.17) is 9.84 Å². The van der Waals surface area contributed by atoms with Gasteiger partial charge in [-0.25, -0.2) is 8.42 Å². The number of sulfonamides is 1. The Morgan fingerprint density at radius 3 is 2.72 bits per heavy atom. The molecule has 1 N–H and O–H groups in total. The highest BCUT2D eigenvalue weighted by molar-refractivity contribution is 7.89. The zero-order chi connectivity index (χ0) is 13.8. The van der Waals surface area contributed by atoms with Gasteiger partial charge < -0.3 is 9.84 Å². The summed E-state index contributed by atoms with van der Waals surface area (Å²) in [4.78, 5) is 10.6. The highest BCUT2D eigenvalue weighted by Crippen LogP contribution is 2.13. The summed E-state index contributed by atoms with van der Waals surface area (Å²) in [6.45, 7) is -0.520. The molecule has 18 heavy (non-hydrogen) atoms. The summed E-state index contributed by atoms with van der Waals surface area (Å²) in [7, 11) is -0.867. The predicted octanol–water partition coefficient (Wildman–Crippen LogP) is -0.858. The van der Waals surface area contributed by atoms with Gasteiger partial charge in [0, 0.05) is 26.9 Å². The molecule has 102 valence electrons. The number of aryl methyl sites for hydroxylation is 1. The third-order valence-corrected chi connectivity index (χ3v) is 3.97. The average molecular weight is 277 g/mol. The molecule has 0 spiro atoms. The molecular formula is C9H15N3O5S. The summed E-state index contributed by atoms with van der Waals surface area (Å²) in [5, 5.41) is 12.5. The largest absolute Gasteiger partial charge is 0.480 e. The van der Waals surface area contributed by atoms with Gasteiger partial charge in [0.15, 0.2) is 0 Å². The van der Waals surface area contributed by atoms with Crippen molar-refractivity contribution in [2.24, 2.45) is 7.05 Å². The molecule has 1 rings (SSSR count). The van der Waals surface area contributed by atoms with Gasteiger partial charge in [0.2, 0.25) is 10.0 Å². The predicted molar refractivity (Wildman–Crippen MR) is 61.5 cm³/mol. The summed E-state index contributed by atoms with van der Waals surface area (Å²) in [5.41, 5.74) is 0. The molecule has 1 aromatic rings. The van der Waals surface area contributed by atoms with E-state index in [1.807, 2.05) is 0 Å². The lowest BCUT2D eigenvalue weighted by Gasteiger charge is -2.18. The van der Waals surface area contributed by atoms with Crippen LogP contribution in [0, 0.1) is 0 Å². The lowest BCUT2D eigenvalue weighted by Crippen LogP contribution is -2.37. The number of ether oxygens (including phenoxy) is 1. The van der Waals surface area contributed by atoms with Crippen molar-refractivity contribution in [3.05, 3.63) is 12.4 Å². The average Bonchev–Trinajstić information content (AvgIpc) is 2.71. The van der Waals surface area contributed by atoms with Crippen LogP contribution in [0.25, 0.3) is 0 Å². The third-order valence-electron chi connectivity index (χ3n) is 2.18. The van der Waals surface area contributed by atoms with Crippen LogP contribution in [0.4, 0.5) is 0 Å². The van der Waals surface area contributed by atoms with E-state index >= 15 is 0 Å². The molecule has 0 aliphatic rings. The molecule has 8 nitrogen and oxygen atoms in total. The van der Waals surface area contributed by atoms with Gasteiger partial charge in [0.05, 0.1) is 12.8 Å². The number of methoxy groups -OCH3 is 1. The van der Waals surface area contributed by atoms with Gasteiger partial charge in [0.1, 0.15) is 11.4 Å². The van der Waals surface area contributed by atoms with Crippen molar-refractivity contribution in [2.45, 2.75) is 4.90 Å². The number of hydrogen-bond acceptors (Lipinski definition) is 5. The van der Waals surface area contributed by atoms with Crippen LogP contribution in [0.15, 0.2) is 17.3 Å². The Morgan fingerprint density at radius 2 is 2.28 bits per heavy atom. The SMILES string of the molecule is COCCN(CC(=O)O)S(=O)(=O)c1cnn(C)c1. The molecule has 9 heteroatoms. The van der Waals surface area contributed by atoms with Crippen LogP contribution >= 0.6 is 0 Å². The smallest absolute Gasteiger partial charge is 0.318 e. The molecule has 0 unspecified atom stereocenters. The van der Waals surface area contributed by atoms with Crippen LogP contribution in [0.3, 0.4) is 0 Å². The highest BCUT2D eigenvalue weighted by Gasteiger charge is 2.27. The van der Waals surface area contributed by atoms with Gasteiger partial charge in [-0.2, -0.15) is 9.40 Å². The van der Waals surface area contributed by atoms with Crippen LogP contribution in [-0.2, 0) is 26.6 Å². The summed E-state index contributed by atoms with van der Waals surface area (Å²) >= 11 is 0. The van der Waals surface area contributed by atoms with E-state index in [9.17, 15) is 13.2 Å². The minimum absolute atomic E-state index is 0.0278. The molecular weight excluding hydrogens is 262 g/mol. The minimum Gasteiger partial charge on any atom is -0.480 e. The van der Waals surface area contributed by atoms with E-state index < -0.39 is 22.5 Å². The molecule has 0 aliphatic heterocycles. The summed E-state index contributed by atoms with van der Waals surface area (Å²) in [5.74, 6) is -1.22. The van der Waals surface area contributed by atoms with Gasteiger partial charge in [-0.1, -0.05) is 0 Å². The van der Waals surface area contributed by atoms with Crippen molar-refractivity contribution in [1.82, 2.24) is 14.1 Å². The first-order valence-electron chi connectivity index (χ1n) is 5.07. The number of nitrogens with zero attached hydrogens (tertiary/aromatic N) is 3. The molecule has 0 saturated carbocycles. The van der Waals surface area contributed by atoms with Crippen molar-refractivity contribution in [3.8, 4) is 0 Å². The van der Waals surface area contributed by atoms with Gasteiger partial charge in [-0.05, 0) is 0 Å². The quantitative estimate of drug-likeness (QED) is 0.696. The minimum atomic E-state index is -3.86. The van der Waals surface area contributed by atoms with Crippen molar-refractivity contribution in [3.63, 3.8) is 0 Å². The lowest BCUT2D eigenvalue weighted by molar-refractivity contribution is -0.137. The Kier molecular flexibility index (Phi) is 4.82. The van der Waals surface area contributed by atoms with Crippen molar-refractivity contribution < 1.29 is 23.1 Å². The maximum Gasteiger partial charge on any atom is 0.318 e. The Bertz CT molecular complexity index is 510. The molecule has 0 fully saturated rings. The number of rotatable bonds is 7. The fourth-order valence-corrected chi connectivity index (χ4v) is 2.67. The molecule has 0 radical (unpaired) electrons. The fourth-order valence-electron chi connectivity index (χ4n) is 1.31. The standard InChI is InChI=1S/C9H15N3O5S/c1-11-6-8(5-10-11)18(15,16)12(3-4-17-2)7-9(13)14/h5-6H,3-4,7H2,1-2H3,(H,13,14). The maximum absolute atomic E-state index is 12.1. The van der Waals surface area contributed by atoms with E-state index in [1.165, 1.54) is 24.2 Å². The number of carboxylic acid groups (broad SMARTS) is 1. The van der Waals surface area contributed by atoms with Crippen molar-refractivity contribution in [2.75, 3.05) is 26.8 Å². The van der Waals surface area contributed by atoms with E-state index in [1.54, 1.807) is 7.05 Å². The van der Waals surface area contributed by atoms with Gasteiger partial charge in [0.25, 0.3) is 0 Å². The lowest BCUT2D eigenvalue weighted by atomic mass is 10.6. The fraction of sp³-hybridized carbons (Fsp3) is 0.556. The van der Waals surface area contributed by atoms with Crippen molar-refractivity contribution in [1.29, 1.82) is 0 Å². The number of aromatic nitrogens is 2. The molecule has 0 amide bonds. The number of carboxylic acids is 1. The van der Waals surface area contributed by atoms with Crippen LogP contribution in [0.5, 0.6) is 0 Å². The Hall–Kier alpha value is -1.45. The Morgan fingerprint density at radius 1 is 1.61 bits per heavy atom. The Labute approximate surface area is 105 Å². The first kappa shape index (κ1) is 14.6. The Balaban J connectivity index is 2.98. The van der Waals surface area contributed by atoms with E-state index in [2.05, 4.69) is 5.10 Å².